The number of amides is 1. The molecule has 1 heterocycles. The van der Waals surface area contributed by atoms with Gasteiger partial charge < -0.3 is 24.6 Å². The lowest BCUT2D eigenvalue weighted by atomic mass is 10.2. The van der Waals surface area contributed by atoms with E-state index in [1.165, 1.54) is 0 Å². The van der Waals surface area contributed by atoms with Gasteiger partial charge in [0.25, 0.3) is 8.32 Å². The summed E-state index contributed by atoms with van der Waals surface area (Å²) in [4.78, 5) is 14.8. The van der Waals surface area contributed by atoms with Crippen molar-refractivity contribution in [3.63, 3.8) is 0 Å². The molecule has 0 saturated carbocycles. The van der Waals surface area contributed by atoms with Crippen LogP contribution in [0.25, 0.3) is 0 Å². The Labute approximate surface area is 162 Å². The standard InChI is InChI=1S/C20H30N2O4Si/c1-20(2,3)27(4,5)26-17-13-22-16(18(17)23)11-12-21-19(24)25-14-15-9-7-6-8-10-15/h6-10,13,22-23H,11-12,14H2,1-5H3,(H,21,24). The summed E-state index contributed by atoms with van der Waals surface area (Å²) >= 11 is 0. The number of aromatic nitrogens is 1. The van der Waals surface area contributed by atoms with Gasteiger partial charge in [-0.05, 0) is 23.7 Å². The second kappa shape index (κ2) is 8.52. The first-order valence-corrected chi connectivity index (χ1v) is 12.0. The first-order chi connectivity index (χ1) is 12.6. The molecule has 2 aromatic rings. The fraction of sp³-hybridized carbons (Fsp3) is 0.450. The lowest BCUT2D eigenvalue weighted by Crippen LogP contribution is -2.43. The van der Waals surface area contributed by atoms with Gasteiger partial charge in [-0.3, -0.25) is 0 Å². The molecular formula is C20H30N2O4Si. The molecule has 27 heavy (non-hydrogen) atoms. The number of hydrogen-bond donors (Lipinski definition) is 3. The van der Waals surface area contributed by atoms with Crippen molar-refractivity contribution in [1.29, 1.82) is 0 Å². The molecule has 0 spiro atoms. The van der Waals surface area contributed by atoms with Crippen molar-refractivity contribution in [1.82, 2.24) is 10.3 Å². The summed E-state index contributed by atoms with van der Waals surface area (Å²) in [6, 6.07) is 9.50. The van der Waals surface area contributed by atoms with Crippen molar-refractivity contribution in [3.05, 3.63) is 47.8 Å². The van der Waals surface area contributed by atoms with Gasteiger partial charge in [0.05, 0.1) is 5.69 Å². The molecule has 0 unspecified atom stereocenters. The monoisotopic (exact) mass is 390 g/mol. The van der Waals surface area contributed by atoms with Crippen LogP contribution in [-0.4, -0.2) is 31.0 Å². The molecule has 1 aromatic heterocycles. The zero-order valence-corrected chi connectivity index (χ0v) is 17.8. The molecule has 0 aliphatic carbocycles. The van der Waals surface area contributed by atoms with Crippen molar-refractivity contribution < 1.29 is 19.1 Å². The molecule has 0 saturated heterocycles. The van der Waals surface area contributed by atoms with E-state index in [0.29, 0.717) is 24.4 Å². The van der Waals surface area contributed by atoms with Crippen LogP contribution < -0.4 is 9.74 Å². The third kappa shape index (κ3) is 5.79. The lowest BCUT2D eigenvalue weighted by Gasteiger charge is -2.36. The number of rotatable bonds is 7. The highest BCUT2D eigenvalue weighted by molar-refractivity contribution is 6.74. The Balaban J connectivity index is 1.81. The molecule has 6 nitrogen and oxygen atoms in total. The molecule has 0 aliphatic rings. The van der Waals surface area contributed by atoms with E-state index < -0.39 is 14.4 Å². The SMILES string of the molecule is CC(C)(C)[Si](C)(C)Oc1c[nH]c(CCNC(=O)OCc2ccccc2)c1O. The summed E-state index contributed by atoms with van der Waals surface area (Å²) in [7, 11) is -2.03. The van der Waals surface area contributed by atoms with E-state index in [2.05, 4.69) is 44.2 Å². The second-order valence-corrected chi connectivity index (χ2v) is 12.8. The Hall–Kier alpha value is -2.41. The number of carbonyl (C=O) groups is 1. The van der Waals surface area contributed by atoms with Crippen molar-refractivity contribution in [2.75, 3.05) is 6.54 Å². The Kier molecular flexibility index (Phi) is 6.59. The molecule has 0 aliphatic heterocycles. The average molecular weight is 391 g/mol. The number of nitrogens with one attached hydrogen (secondary N) is 2. The van der Waals surface area contributed by atoms with Crippen LogP contribution in [0.1, 0.15) is 32.0 Å². The van der Waals surface area contributed by atoms with Gasteiger partial charge >= 0.3 is 6.09 Å². The number of benzene rings is 1. The first kappa shape index (κ1) is 20.9. The Bertz CT molecular complexity index is 751. The summed E-state index contributed by atoms with van der Waals surface area (Å²) in [5, 5.41) is 13.1. The predicted molar refractivity (Wildman–Crippen MR) is 109 cm³/mol. The fourth-order valence-electron chi connectivity index (χ4n) is 2.20. The van der Waals surface area contributed by atoms with Gasteiger partial charge in [-0.2, -0.15) is 0 Å². The molecule has 1 aromatic carbocycles. The van der Waals surface area contributed by atoms with Gasteiger partial charge in [-0.1, -0.05) is 51.1 Å². The van der Waals surface area contributed by atoms with E-state index in [1.807, 2.05) is 30.3 Å². The maximum atomic E-state index is 11.8. The van der Waals surface area contributed by atoms with Gasteiger partial charge in [0.15, 0.2) is 11.5 Å². The van der Waals surface area contributed by atoms with Gasteiger partial charge in [-0.15, -0.1) is 0 Å². The zero-order chi connectivity index (χ0) is 20.1. The van der Waals surface area contributed by atoms with Gasteiger partial charge in [0.1, 0.15) is 6.61 Å². The summed E-state index contributed by atoms with van der Waals surface area (Å²) in [5.74, 6) is 0.586. The summed E-state index contributed by atoms with van der Waals surface area (Å²) in [5.41, 5.74) is 1.56. The van der Waals surface area contributed by atoms with E-state index >= 15 is 0 Å². The zero-order valence-electron chi connectivity index (χ0n) is 16.8. The van der Waals surface area contributed by atoms with E-state index in [1.54, 1.807) is 6.20 Å². The molecule has 0 radical (unpaired) electrons. The van der Waals surface area contributed by atoms with Crippen LogP contribution in [0.3, 0.4) is 0 Å². The Morgan fingerprint density at radius 1 is 1.22 bits per heavy atom. The number of H-pyrrole nitrogens is 1. The molecular weight excluding hydrogens is 360 g/mol. The largest absolute Gasteiger partial charge is 0.540 e. The summed E-state index contributed by atoms with van der Waals surface area (Å²) < 4.78 is 11.3. The molecule has 2 rings (SSSR count). The summed E-state index contributed by atoms with van der Waals surface area (Å²) in [6.45, 7) is 11.3. The maximum absolute atomic E-state index is 11.8. The Morgan fingerprint density at radius 3 is 2.52 bits per heavy atom. The third-order valence-corrected chi connectivity index (χ3v) is 9.27. The van der Waals surface area contributed by atoms with E-state index in [4.69, 9.17) is 9.16 Å². The number of alkyl carbamates (subject to hydrolysis) is 1. The van der Waals surface area contributed by atoms with E-state index in [0.717, 1.165) is 5.56 Å². The van der Waals surface area contributed by atoms with E-state index in [9.17, 15) is 9.90 Å². The summed E-state index contributed by atoms with van der Waals surface area (Å²) in [6.07, 6.45) is 1.65. The minimum absolute atomic E-state index is 0.0426. The van der Waals surface area contributed by atoms with Crippen LogP contribution in [-0.2, 0) is 17.8 Å². The quantitative estimate of drug-likeness (QED) is 0.605. The number of ether oxygens (including phenoxy) is 1. The normalized spacial score (nSPS) is 11.9. The highest BCUT2D eigenvalue weighted by Crippen LogP contribution is 2.40. The average Bonchev–Trinajstić information content (AvgIpc) is 2.93. The molecule has 7 heteroatoms. The van der Waals surface area contributed by atoms with E-state index in [-0.39, 0.29) is 17.4 Å². The molecule has 0 atom stereocenters. The van der Waals surface area contributed by atoms with Gasteiger partial charge in [0.2, 0.25) is 0 Å². The molecule has 0 bridgehead atoms. The molecule has 148 valence electrons. The topological polar surface area (TPSA) is 83.6 Å². The highest BCUT2D eigenvalue weighted by Gasteiger charge is 2.39. The number of aromatic hydroxyl groups is 1. The van der Waals surface area contributed by atoms with Crippen molar-refractivity contribution in [2.24, 2.45) is 0 Å². The maximum Gasteiger partial charge on any atom is 0.407 e. The Morgan fingerprint density at radius 2 is 1.89 bits per heavy atom. The molecule has 1 amide bonds. The number of hydrogen-bond acceptors (Lipinski definition) is 4. The van der Waals surface area contributed by atoms with Crippen LogP contribution in [0.2, 0.25) is 18.1 Å². The minimum Gasteiger partial charge on any atom is -0.540 e. The highest BCUT2D eigenvalue weighted by atomic mass is 28.4. The molecule has 0 fully saturated rings. The van der Waals surface area contributed by atoms with Crippen LogP contribution in [0.5, 0.6) is 11.5 Å². The van der Waals surface area contributed by atoms with Crippen LogP contribution >= 0.6 is 0 Å². The minimum atomic E-state index is -2.03. The van der Waals surface area contributed by atoms with Crippen LogP contribution in [0, 0.1) is 0 Å². The number of carbonyl (C=O) groups excluding carboxylic acids is 1. The first-order valence-electron chi connectivity index (χ1n) is 9.13. The lowest BCUT2D eigenvalue weighted by molar-refractivity contribution is 0.140. The van der Waals surface area contributed by atoms with Crippen LogP contribution in [0.15, 0.2) is 36.5 Å². The van der Waals surface area contributed by atoms with Gasteiger partial charge in [-0.25, -0.2) is 4.79 Å². The second-order valence-electron chi connectivity index (χ2n) is 8.08. The fourth-order valence-corrected chi connectivity index (χ4v) is 3.21. The van der Waals surface area contributed by atoms with Crippen molar-refractivity contribution >= 4 is 14.4 Å². The molecule has 3 N–H and O–H groups in total. The van der Waals surface area contributed by atoms with Crippen molar-refractivity contribution in [2.45, 2.75) is 51.9 Å². The van der Waals surface area contributed by atoms with Crippen molar-refractivity contribution in [3.8, 4) is 11.5 Å². The van der Waals surface area contributed by atoms with Gasteiger partial charge in [0, 0.05) is 19.2 Å². The number of aromatic amines is 1. The third-order valence-electron chi connectivity index (χ3n) is 4.93. The predicted octanol–water partition coefficient (Wildman–Crippen LogP) is 4.57. The van der Waals surface area contributed by atoms with Crippen LogP contribution in [0.4, 0.5) is 4.79 Å². The smallest absolute Gasteiger partial charge is 0.407 e.